The highest BCUT2D eigenvalue weighted by molar-refractivity contribution is 5.95. The van der Waals surface area contributed by atoms with E-state index in [9.17, 15) is 4.79 Å². The maximum absolute atomic E-state index is 11.9. The molecule has 7 heteroatoms. The van der Waals surface area contributed by atoms with Gasteiger partial charge in [-0.3, -0.25) is 9.78 Å². The Hall–Kier alpha value is -2.67. The van der Waals surface area contributed by atoms with Crippen molar-refractivity contribution < 1.29 is 4.79 Å². The number of carbonyl (C=O) groups is 1. The molecular weight excluding hydrogens is 328 g/mol. The van der Waals surface area contributed by atoms with Gasteiger partial charge in [0.25, 0.3) is 5.91 Å². The topological polar surface area (TPSA) is 105 Å². The van der Waals surface area contributed by atoms with Crippen LogP contribution in [0.25, 0.3) is 0 Å². The van der Waals surface area contributed by atoms with E-state index >= 15 is 0 Å². The van der Waals surface area contributed by atoms with Crippen LogP contribution >= 0.6 is 0 Å². The summed E-state index contributed by atoms with van der Waals surface area (Å²) in [5.74, 6) is 0.258. The van der Waals surface area contributed by atoms with Gasteiger partial charge in [0, 0.05) is 31.2 Å². The third kappa shape index (κ3) is 6.33. The van der Waals surface area contributed by atoms with Crippen LogP contribution in [0.3, 0.4) is 0 Å². The number of hydrogen-bond donors (Lipinski definition) is 4. The Kier molecular flexibility index (Phi) is 7.82. The number of aromatic nitrogens is 2. The van der Waals surface area contributed by atoms with Gasteiger partial charge in [-0.05, 0) is 57.5 Å². The fourth-order valence-electron chi connectivity index (χ4n) is 2.44. The fraction of sp³-hybridized carbons (Fsp3) is 0.421. The monoisotopic (exact) mass is 356 g/mol. The van der Waals surface area contributed by atoms with Gasteiger partial charge in [0.2, 0.25) is 0 Å². The first-order chi connectivity index (χ1) is 12.6. The Labute approximate surface area is 154 Å². The zero-order valence-electron chi connectivity index (χ0n) is 15.5. The van der Waals surface area contributed by atoms with Crippen LogP contribution in [0.5, 0.6) is 0 Å². The molecule has 0 radical (unpaired) electrons. The van der Waals surface area contributed by atoms with Crippen molar-refractivity contribution in [3.63, 3.8) is 0 Å². The van der Waals surface area contributed by atoms with E-state index in [4.69, 9.17) is 5.73 Å². The summed E-state index contributed by atoms with van der Waals surface area (Å²) in [5.41, 5.74) is 9.35. The molecule has 2 aromatic rings. The average Bonchev–Trinajstić information content (AvgIpc) is 2.64. The van der Waals surface area contributed by atoms with E-state index < -0.39 is 0 Å². The molecule has 0 saturated heterocycles. The van der Waals surface area contributed by atoms with E-state index in [0.717, 1.165) is 38.2 Å². The maximum atomic E-state index is 11.9. The number of carbonyl (C=O) groups excluding carboxylic acids is 1. The van der Waals surface area contributed by atoms with E-state index in [0.29, 0.717) is 23.6 Å². The largest absolute Gasteiger partial charge is 0.382 e. The molecule has 7 nitrogen and oxygen atoms in total. The van der Waals surface area contributed by atoms with Crippen LogP contribution in [0.15, 0.2) is 30.6 Å². The normalized spacial score (nSPS) is 10.5. The minimum atomic E-state index is -0.143. The SMILES string of the molecule is CCNC(=O)c1cnc(N)c(NCCCNCCc2ccc(C)nc2)c1. The number of nitrogens with one attached hydrogen (secondary N) is 3. The van der Waals surface area contributed by atoms with Crippen LogP contribution in [0.4, 0.5) is 11.5 Å². The third-order valence-electron chi connectivity index (χ3n) is 3.93. The Morgan fingerprint density at radius 2 is 2.00 bits per heavy atom. The quantitative estimate of drug-likeness (QED) is 0.484. The molecule has 2 heterocycles. The lowest BCUT2D eigenvalue weighted by Gasteiger charge is -2.11. The highest BCUT2D eigenvalue weighted by Gasteiger charge is 2.08. The summed E-state index contributed by atoms with van der Waals surface area (Å²) < 4.78 is 0. The van der Waals surface area contributed by atoms with Crippen molar-refractivity contribution in [3.8, 4) is 0 Å². The second-order valence-electron chi connectivity index (χ2n) is 6.10. The minimum Gasteiger partial charge on any atom is -0.382 e. The molecule has 0 aliphatic heterocycles. The first-order valence-electron chi connectivity index (χ1n) is 9.00. The highest BCUT2D eigenvalue weighted by Crippen LogP contribution is 2.16. The van der Waals surface area contributed by atoms with Gasteiger partial charge < -0.3 is 21.7 Å². The molecule has 0 bridgehead atoms. The van der Waals surface area contributed by atoms with Gasteiger partial charge in [0.15, 0.2) is 0 Å². The number of aryl methyl sites for hydroxylation is 1. The third-order valence-corrected chi connectivity index (χ3v) is 3.93. The summed E-state index contributed by atoms with van der Waals surface area (Å²) in [5, 5.41) is 9.42. The number of anilines is 2. The molecular formula is C19H28N6O. The summed E-state index contributed by atoms with van der Waals surface area (Å²) in [6.45, 7) is 7.02. The van der Waals surface area contributed by atoms with Crippen LogP contribution < -0.4 is 21.7 Å². The van der Waals surface area contributed by atoms with E-state index in [1.807, 2.05) is 26.1 Å². The number of nitrogen functional groups attached to an aromatic ring is 1. The maximum Gasteiger partial charge on any atom is 0.252 e. The number of nitrogens with two attached hydrogens (primary N) is 1. The average molecular weight is 356 g/mol. The lowest BCUT2D eigenvalue weighted by Crippen LogP contribution is -2.23. The fourth-order valence-corrected chi connectivity index (χ4v) is 2.44. The summed E-state index contributed by atoms with van der Waals surface area (Å²) in [6, 6.07) is 5.89. The molecule has 0 unspecified atom stereocenters. The first kappa shape index (κ1) is 19.7. The van der Waals surface area contributed by atoms with Crippen LogP contribution in [0.2, 0.25) is 0 Å². The van der Waals surface area contributed by atoms with Crippen LogP contribution in [-0.4, -0.2) is 42.1 Å². The molecule has 2 rings (SSSR count). The summed E-state index contributed by atoms with van der Waals surface area (Å²) in [6.07, 6.45) is 5.33. The Bertz CT molecular complexity index is 702. The van der Waals surface area contributed by atoms with Crippen molar-refractivity contribution >= 4 is 17.4 Å². The zero-order valence-corrected chi connectivity index (χ0v) is 15.5. The molecule has 0 aliphatic carbocycles. The van der Waals surface area contributed by atoms with Crippen LogP contribution in [0, 0.1) is 6.92 Å². The van der Waals surface area contributed by atoms with Crippen LogP contribution in [0.1, 0.15) is 35.0 Å². The lowest BCUT2D eigenvalue weighted by molar-refractivity contribution is 0.0955. The van der Waals surface area contributed by atoms with Crippen molar-refractivity contribution in [2.75, 3.05) is 37.2 Å². The zero-order chi connectivity index (χ0) is 18.8. The summed E-state index contributed by atoms with van der Waals surface area (Å²) >= 11 is 0. The highest BCUT2D eigenvalue weighted by atomic mass is 16.1. The van der Waals surface area contributed by atoms with Gasteiger partial charge >= 0.3 is 0 Å². The predicted octanol–water partition coefficient (Wildman–Crippen LogP) is 1.75. The molecule has 0 atom stereocenters. The Balaban J connectivity index is 1.67. The molecule has 0 fully saturated rings. The van der Waals surface area contributed by atoms with E-state index in [-0.39, 0.29) is 5.91 Å². The van der Waals surface area contributed by atoms with Gasteiger partial charge in [0.1, 0.15) is 5.82 Å². The van der Waals surface area contributed by atoms with Crippen molar-refractivity contribution in [1.82, 2.24) is 20.6 Å². The molecule has 26 heavy (non-hydrogen) atoms. The van der Waals surface area contributed by atoms with Crippen molar-refractivity contribution in [2.24, 2.45) is 0 Å². The standard InChI is InChI=1S/C19H28N6O/c1-3-22-19(26)16-11-17(18(20)25-13-16)23-9-4-8-21-10-7-15-6-5-14(2)24-12-15/h5-6,11-13,21,23H,3-4,7-10H2,1-2H3,(H2,20,25)(H,22,26). The van der Waals surface area contributed by atoms with Gasteiger partial charge in [-0.1, -0.05) is 6.07 Å². The van der Waals surface area contributed by atoms with E-state index in [2.05, 4.69) is 32.0 Å². The number of rotatable bonds is 10. The molecule has 0 spiro atoms. The molecule has 0 aliphatic rings. The predicted molar refractivity (Wildman–Crippen MR) is 105 cm³/mol. The van der Waals surface area contributed by atoms with Gasteiger partial charge in [-0.25, -0.2) is 4.98 Å². The van der Waals surface area contributed by atoms with E-state index in [1.54, 1.807) is 6.07 Å². The first-order valence-corrected chi connectivity index (χ1v) is 9.00. The number of amides is 1. The Morgan fingerprint density at radius 1 is 1.15 bits per heavy atom. The second-order valence-corrected chi connectivity index (χ2v) is 6.10. The van der Waals surface area contributed by atoms with Gasteiger partial charge in [-0.15, -0.1) is 0 Å². The minimum absolute atomic E-state index is 0.143. The number of nitrogens with zero attached hydrogens (tertiary/aromatic N) is 2. The second kappa shape index (κ2) is 10.4. The molecule has 1 amide bonds. The summed E-state index contributed by atoms with van der Waals surface area (Å²) in [4.78, 5) is 20.2. The number of pyridine rings is 2. The van der Waals surface area contributed by atoms with Crippen molar-refractivity contribution in [1.29, 1.82) is 0 Å². The smallest absolute Gasteiger partial charge is 0.252 e. The van der Waals surface area contributed by atoms with Crippen molar-refractivity contribution in [2.45, 2.75) is 26.7 Å². The summed E-state index contributed by atoms with van der Waals surface area (Å²) in [7, 11) is 0. The molecule has 0 aromatic carbocycles. The number of hydrogen-bond acceptors (Lipinski definition) is 6. The molecule has 140 valence electrons. The molecule has 5 N–H and O–H groups in total. The molecule has 2 aromatic heterocycles. The van der Waals surface area contributed by atoms with Crippen LogP contribution in [-0.2, 0) is 6.42 Å². The van der Waals surface area contributed by atoms with Gasteiger partial charge in [-0.2, -0.15) is 0 Å². The van der Waals surface area contributed by atoms with E-state index in [1.165, 1.54) is 11.8 Å². The Morgan fingerprint density at radius 3 is 2.73 bits per heavy atom. The molecule has 0 saturated carbocycles. The lowest BCUT2D eigenvalue weighted by atomic mass is 10.2. The van der Waals surface area contributed by atoms with Crippen molar-refractivity contribution in [3.05, 3.63) is 47.4 Å². The van der Waals surface area contributed by atoms with Gasteiger partial charge in [0.05, 0.1) is 11.3 Å².